The van der Waals surface area contributed by atoms with Gasteiger partial charge in [0.25, 0.3) is 0 Å². The van der Waals surface area contributed by atoms with Gasteiger partial charge >= 0.3 is 6.03 Å². The summed E-state index contributed by atoms with van der Waals surface area (Å²) >= 11 is 0. The van der Waals surface area contributed by atoms with Gasteiger partial charge in [-0.3, -0.25) is 0 Å². The number of rotatable bonds is 4. The van der Waals surface area contributed by atoms with E-state index >= 15 is 0 Å². The Bertz CT molecular complexity index is 560. The number of likely N-dealkylation sites (tertiary alicyclic amines) is 1. The minimum Gasteiger partial charge on any atom is -0.396 e. The van der Waals surface area contributed by atoms with Crippen molar-refractivity contribution < 1.29 is 14.3 Å². The number of aliphatic hydroxyl groups excluding tert-OH is 1. The van der Waals surface area contributed by atoms with Crippen LogP contribution < -0.4 is 5.32 Å². The molecule has 2 unspecified atom stereocenters. The van der Waals surface area contributed by atoms with Gasteiger partial charge in [0.2, 0.25) is 0 Å². The predicted molar refractivity (Wildman–Crippen MR) is 91.0 cm³/mol. The molecule has 1 aromatic rings. The number of aliphatic hydroxyl groups is 1. The summed E-state index contributed by atoms with van der Waals surface area (Å²) in [4.78, 5) is 14.5. The van der Waals surface area contributed by atoms with Gasteiger partial charge in [0, 0.05) is 19.7 Å². The van der Waals surface area contributed by atoms with Crippen LogP contribution in [-0.4, -0.2) is 35.7 Å². The number of urea groups is 1. The lowest BCUT2D eigenvalue weighted by atomic mass is 9.91. The van der Waals surface area contributed by atoms with Crippen LogP contribution in [-0.2, 0) is 0 Å². The molecule has 0 aromatic heterocycles. The van der Waals surface area contributed by atoms with Crippen molar-refractivity contribution in [3.63, 3.8) is 0 Å². The Balaban J connectivity index is 1.72. The summed E-state index contributed by atoms with van der Waals surface area (Å²) in [6.07, 6.45) is 6.37. The number of carbonyl (C=O) groups excluding carboxylic acids is 1. The molecule has 132 valence electrons. The summed E-state index contributed by atoms with van der Waals surface area (Å²) in [7, 11) is 0. The predicted octanol–water partition coefficient (Wildman–Crippen LogP) is 3.47. The zero-order valence-corrected chi connectivity index (χ0v) is 14.1. The highest BCUT2D eigenvalue weighted by molar-refractivity contribution is 5.75. The van der Waals surface area contributed by atoms with E-state index in [2.05, 4.69) is 5.32 Å². The van der Waals surface area contributed by atoms with Crippen molar-refractivity contribution in [2.24, 2.45) is 11.8 Å². The summed E-state index contributed by atoms with van der Waals surface area (Å²) in [5.41, 5.74) is 0.853. The molecule has 0 bridgehead atoms. The van der Waals surface area contributed by atoms with E-state index in [1.807, 2.05) is 6.07 Å². The number of piperidine rings is 1. The molecule has 2 atom stereocenters. The fraction of sp³-hybridized carbons (Fsp3) is 0.632. The summed E-state index contributed by atoms with van der Waals surface area (Å²) in [6.45, 7) is 1.45. The summed E-state index contributed by atoms with van der Waals surface area (Å²) in [5, 5.41) is 12.5. The van der Waals surface area contributed by atoms with Crippen LogP contribution in [0.4, 0.5) is 9.18 Å². The molecule has 2 N–H and O–H groups in total. The maximum absolute atomic E-state index is 13.7. The number of nitrogens with zero attached hydrogens (tertiary/aromatic N) is 1. The highest BCUT2D eigenvalue weighted by Crippen LogP contribution is 2.36. The van der Waals surface area contributed by atoms with Crippen molar-refractivity contribution in [3.8, 4) is 0 Å². The van der Waals surface area contributed by atoms with Crippen LogP contribution >= 0.6 is 0 Å². The van der Waals surface area contributed by atoms with E-state index < -0.39 is 0 Å². The van der Waals surface area contributed by atoms with E-state index in [1.165, 1.54) is 25.0 Å². The first kappa shape index (κ1) is 17.2. The smallest absolute Gasteiger partial charge is 0.317 e. The summed E-state index contributed by atoms with van der Waals surface area (Å²) in [6, 6.07) is 6.36. The van der Waals surface area contributed by atoms with Gasteiger partial charge in [-0.25, -0.2) is 9.18 Å². The Morgan fingerprint density at radius 2 is 2.08 bits per heavy atom. The molecule has 2 fully saturated rings. The van der Waals surface area contributed by atoms with Crippen LogP contribution in [0.2, 0.25) is 0 Å². The molecule has 1 saturated carbocycles. The van der Waals surface area contributed by atoms with E-state index in [0.29, 0.717) is 12.5 Å². The third-order valence-electron chi connectivity index (χ3n) is 5.42. The van der Waals surface area contributed by atoms with E-state index in [1.54, 1.807) is 11.0 Å². The molecule has 5 heteroatoms. The van der Waals surface area contributed by atoms with Crippen LogP contribution in [0.25, 0.3) is 0 Å². The lowest BCUT2D eigenvalue weighted by Gasteiger charge is -2.34. The van der Waals surface area contributed by atoms with E-state index in [9.17, 15) is 14.3 Å². The minimum absolute atomic E-state index is 0.0886. The molecular formula is C19H27FN2O2. The van der Waals surface area contributed by atoms with Crippen LogP contribution in [0.1, 0.15) is 50.1 Å². The number of hydrogen-bond acceptors (Lipinski definition) is 2. The number of carbonyl (C=O) groups is 1. The quantitative estimate of drug-likeness (QED) is 0.886. The third kappa shape index (κ3) is 4.07. The van der Waals surface area contributed by atoms with Gasteiger partial charge in [0.15, 0.2) is 0 Å². The first-order valence-corrected chi connectivity index (χ1v) is 9.09. The van der Waals surface area contributed by atoms with Gasteiger partial charge in [-0.1, -0.05) is 25.0 Å². The first-order chi connectivity index (χ1) is 11.7. The Kier molecular flexibility index (Phi) is 5.72. The Labute approximate surface area is 143 Å². The number of nitrogens with one attached hydrogen (secondary N) is 1. The molecule has 2 aliphatic rings. The van der Waals surface area contributed by atoms with Crippen molar-refractivity contribution in [2.75, 3.05) is 19.7 Å². The number of benzene rings is 1. The van der Waals surface area contributed by atoms with Gasteiger partial charge in [-0.2, -0.15) is 0 Å². The Morgan fingerprint density at radius 3 is 2.79 bits per heavy atom. The maximum atomic E-state index is 13.7. The normalized spacial score (nSPS) is 23.2. The van der Waals surface area contributed by atoms with E-state index in [4.69, 9.17) is 0 Å². The fourth-order valence-corrected chi connectivity index (χ4v) is 4.09. The molecule has 1 aromatic carbocycles. The largest absolute Gasteiger partial charge is 0.396 e. The van der Waals surface area contributed by atoms with Crippen molar-refractivity contribution in [2.45, 2.75) is 44.6 Å². The second kappa shape index (κ2) is 7.97. The van der Waals surface area contributed by atoms with E-state index in [0.717, 1.165) is 37.8 Å². The molecule has 1 aliphatic heterocycles. The topological polar surface area (TPSA) is 52.6 Å². The average Bonchev–Trinajstić information content (AvgIpc) is 3.13. The molecule has 1 heterocycles. The lowest BCUT2D eigenvalue weighted by Crippen LogP contribution is -2.48. The van der Waals surface area contributed by atoms with Crippen LogP contribution in [0.3, 0.4) is 0 Å². The van der Waals surface area contributed by atoms with Crippen molar-refractivity contribution >= 4 is 6.03 Å². The standard InChI is InChI=1S/C19H27FN2O2/c20-17-9-3-8-16(11-17)18(15-6-1-2-7-15)21-19(24)22-10-4-5-14(12-22)13-23/h3,8-9,11,14-15,18,23H,1-2,4-7,10,12-13H2,(H,21,24). The van der Waals surface area contributed by atoms with Gasteiger partial charge in [0.1, 0.15) is 5.82 Å². The van der Waals surface area contributed by atoms with Crippen molar-refractivity contribution in [1.29, 1.82) is 0 Å². The number of hydrogen-bond donors (Lipinski definition) is 2. The molecule has 0 radical (unpaired) electrons. The van der Waals surface area contributed by atoms with E-state index in [-0.39, 0.29) is 30.4 Å². The molecule has 4 nitrogen and oxygen atoms in total. The molecule has 24 heavy (non-hydrogen) atoms. The van der Waals surface area contributed by atoms with Crippen LogP contribution in [0.5, 0.6) is 0 Å². The highest BCUT2D eigenvalue weighted by atomic mass is 19.1. The van der Waals surface area contributed by atoms with Gasteiger partial charge in [-0.05, 0) is 55.2 Å². The highest BCUT2D eigenvalue weighted by Gasteiger charge is 2.30. The Hall–Kier alpha value is -1.62. The van der Waals surface area contributed by atoms with Crippen molar-refractivity contribution in [3.05, 3.63) is 35.6 Å². The van der Waals surface area contributed by atoms with Gasteiger partial charge in [-0.15, -0.1) is 0 Å². The molecule has 3 rings (SSSR count). The first-order valence-electron chi connectivity index (χ1n) is 9.09. The summed E-state index contributed by atoms with van der Waals surface area (Å²) < 4.78 is 13.7. The number of halogens is 1. The third-order valence-corrected chi connectivity index (χ3v) is 5.42. The average molecular weight is 334 g/mol. The fourth-order valence-electron chi connectivity index (χ4n) is 4.09. The molecule has 2 amide bonds. The van der Waals surface area contributed by atoms with Crippen molar-refractivity contribution in [1.82, 2.24) is 10.2 Å². The molecular weight excluding hydrogens is 307 g/mol. The van der Waals surface area contributed by atoms with Crippen LogP contribution in [0, 0.1) is 17.7 Å². The summed E-state index contributed by atoms with van der Waals surface area (Å²) in [5.74, 6) is 0.279. The zero-order chi connectivity index (χ0) is 16.9. The second-order valence-electron chi connectivity index (χ2n) is 7.16. The maximum Gasteiger partial charge on any atom is 0.317 e. The molecule has 0 spiro atoms. The lowest BCUT2D eigenvalue weighted by molar-refractivity contribution is 0.126. The van der Waals surface area contributed by atoms with Gasteiger partial charge < -0.3 is 15.3 Å². The second-order valence-corrected chi connectivity index (χ2v) is 7.16. The van der Waals surface area contributed by atoms with Crippen LogP contribution in [0.15, 0.2) is 24.3 Å². The van der Waals surface area contributed by atoms with Gasteiger partial charge in [0.05, 0.1) is 6.04 Å². The molecule has 1 saturated heterocycles. The number of amides is 2. The SMILES string of the molecule is O=C(NC(c1cccc(F)c1)C1CCCC1)N1CCCC(CO)C1. The Morgan fingerprint density at radius 1 is 1.29 bits per heavy atom. The monoisotopic (exact) mass is 334 g/mol. The zero-order valence-electron chi connectivity index (χ0n) is 14.1. The minimum atomic E-state index is -0.261. The molecule has 1 aliphatic carbocycles.